The standard InChI is InChI=1S/C17H23N/c18-11-6-13-12-16(7-3-8-16)17(9-10-17)15-5-2-1-4-14(13)15/h1-2,4-5,13H,3,6-12,18H2. The lowest BCUT2D eigenvalue weighted by molar-refractivity contribution is 0.0424. The SMILES string of the molecule is NCCC1CC2(CCC2)C2(CC2)c2ccccc21. The highest BCUT2D eigenvalue weighted by Crippen LogP contribution is 2.73. The van der Waals surface area contributed by atoms with Crippen molar-refractivity contribution in [1.29, 1.82) is 0 Å². The summed E-state index contributed by atoms with van der Waals surface area (Å²) in [7, 11) is 0. The second-order valence-corrected chi connectivity index (χ2v) is 6.78. The Morgan fingerprint density at radius 2 is 1.89 bits per heavy atom. The van der Waals surface area contributed by atoms with Crippen molar-refractivity contribution in [1.82, 2.24) is 0 Å². The molecule has 4 rings (SSSR count). The van der Waals surface area contributed by atoms with Crippen LogP contribution in [0, 0.1) is 5.41 Å². The van der Waals surface area contributed by atoms with Crippen LogP contribution in [0.2, 0.25) is 0 Å². The van der Waals surface area contributed by atoms with Gasteiger partial charge in [-0.05, 0) is 67.5 Å². The summed E-state index contributed by atoms with van der Waals surface area (Å²) in [5.41, 5.74) is 10.4. The average molecular weight is 241 g/mol. The van der Waals surface area contributed by atoms with Gasteiger partial charge in [0.15, 0.2) is 0 Å². The summed E-state index contributed by atoms with van der Waals surface area (Å²) in [4.78, 5) is 0. The van der Waals surface area contributed by atoms with Crippen LogP contribution in [0.1, 0.15) is 62.0 Å². The Morgan fingerprint density at radius 3 is 2.50 bits per heavy atom. The number of hydrogen-bond donors (Lipinski definition) is 1. The smallest absolute Gasteiger partial charge is 0.00131 e. The number of fused-ring (bicyclic) bond motifs is 3. The van der Waals surface area contributed by atoms with E-state index in [-0.39, 0.29) is 0 Å². The molecule has 96 valence electrons. The maximum atomic E-state index is 5.85. The zero-order chi connectivity index (χ0) is 12.2. The Kier molecular flexibility index (Phi) is 2.21. The van der Waals surface area contributed by atoms with Crippen LogP contribution in [0.4, 0.5) is 0 Å². The molecule has 0 bridgehead atoms. The predicted octanol–water partition coefficient (Wildman–Crippen LogP) is 3.72. The van der Waals surface area contributed by atoms with E-state index in [1.54, 1.807) is 11.1 Å². The first-order valence-electron chi connectivity index (χ1n) is 7.61. The maximum Gasteiger partial charge on any atom is 0.00131 e. The predicted molar refractivity (Wildman–Crippen MR) is 74.7 cm³/mol. The zero-order valence-corrected chi connectivity index (χ0v) is 11.1. The van der Waals surface area contributed by atoms with Gasteiger partial charge in [0.05, 0.1) is 0 Å². The van der Waals surface area contributed by atoms with Gasteiger partial charge >= 0.3 is 0 Å². The minimum Gasteiger partial charge on any atom is -0.330 e. The van der Waals surface area contributed by atoms with Crippen LogP contribution >= 0.6 is 0 Å². The number of hydrogen-bond acceptors (Lipinski definition) is 1. The van der Waals surface area contributed by atoms with E-state index < -0.39 is 0 Å². The Morgan fingerprint density at radius 1 is 1.11 bits per heavy atom. The molecule has 0 heterocycles. The third-order valence-electron chi connectivity index (χ3n) is 6.14. The molecular weight excluding hydrogens is 218 g/mol. The first-order chi connectivity index (χ1) is 8.81. The van der Waals surface area contributed by atoms with E-state index in [4.69, 9.17) is 5.73 Å². The van der Waals surface area contributed by atoms with Gasteiger partial charge in [-0.15, -0.1) is 0 Å². The number of nitrogens with two attached hydrogens (primary N) is 1. The van der Waals surface area contributed by atoms with Crippen molar-refractivity contribution in [3.8, 4) is 0 Å². The molecule has 3 aliphatic rings. The van der Waals surface area contributed by atoms with E-state index in [1.807, 2.05) is 0 Å². The van der Waals surface area contributed by atoms with Crippen molar-refractivity contribution in [2.45, 2.75) is 56.3 Å². The van der Waals surface area contributed by atoms with Gasteiger partial charge in [0.25, 0.3) is 0 Å². The lowest BCUT2D eigenvalue weighted by Gasteiger charge is -2.55. The highest BCUT2D eigenvalue weighted by molar-refractivity contribution is 5.47. The molecule has 0 radical (unpaired) electrons. The highest BCUT2D eigenvalue weighted by atomic mass is 14.7. The van der Waals surface area contributed by atoms with E-state index >= 15 is 0 Å². The molecular formula is C17H23N. The largest absolute Gasteiger partial charge is 0.330 e. The molecule has 1 aromatic rings. The van der Waals surface area contributed by atoms with Crippen LogP contribution in [0.15, 0.2) is 24.3 Å². The van der Waals surface area contributed by atoms with Crippen molar-refractivity contribution in [3.05, 3.63) is 35.4 Å². The minimum absolute atomic E-state index is 0.590. The molecule has 2 spiro atoms. The molecule has 1 nitrogen and oxygen atoms in total. The van der Waals surface area contributed by atoms with Gasteiger partial charge in [0, 0.05) is 5.41 Å². The molecule has 1 heteroatoms. The van der Waals surface area contributed by atoms with Crippen LogP contribution in [-0.4, -0.2) is 6.54 Å². The normalized spacial score (nSPS) is 29.9. The summed E-state index contributed by atoms with van der Waals surface area (Å²) in [6, 6.07) is 9.26. The van der Waals surface area contributed by atoms with Gasteiger partial charge < -0.3 is 5.73 Å². The molecule has 1 aromatic carbocycles. The van der Waals surface area contributed by atoms with Gasteiger partial charge in [0.2, 0.25) is 0 Å². The highest BCUT2D eigenvalue weighted by Gasteiger charge is 2.64. The van der Waals surface area contributed by atoms with Crippen molar-refractivity contribution in [2.24, 2.45) is 11.1 Å². The van der Waals surface area contributed by atoms with Crippen LogP contribution in [0.3, 0.4) is 0 Å². The summed E-state index contributed by atoms with van der Waals surface area (Å²) < 4.78 is 0. The number of benzene rings is 1. The molecule has 0 aromatic heterocycles. The third-order valence-corrected chi connectivity index (χ3v) is 6.14. The first-order valence-corrected chi connectivity index (χ1v) is 7.61. The third kappa shape index (κ3) is 1.21. The van der Waals surface area contributed by atoms with E-state index in [2.05, 4.69) is 24.3 Å². The van der Waals surface area contributed by atoms with Crippen LogP contribution in [0.5, 0.6) is 0 Å². The Bertz CT molecular complexity index is 468. The van der Waals surface area contributed by atoms with Crippen molar-refractivity contribution in [2.75, 3.05) is 6.54 Å². The summed E-state index contributed by atoms with van der Waals surface area (Å²) in [5.74, 6) is 0.734. The van der Waals surface area contributed by atoms with E-state index in [9.17, 15) is 0 Å². The monoisotopic (exact) mass is 241 g/mol. The molecule has 1 unspecified atom stereocenters. The topological polar surface area (TPSA) is 26.0 Å². The van der Waals surface area contributed by atoms with Gasteiger partial charge in [-0.1, -0.05) is 30.7 Å². The van der Waals surface area contributed by atoms with Crippen LogP contribution in [0.25, 0.3) is 0 Å². The van der Waals surface area contributed by atoms with Gasteiger partial charge in [-0.3, -0.25) is 0 Å². The Balaban J connectivity index is 1.83. The van der Waals surface area contributed by atoms with Crippen LogP contribution in [-0.2, 0) is 5.41 Å². The molecule has 0 saturated heterocycles. The van der Waals surface area contributed by atoms with E-state index in [1.165, 1.54) is 44.9 Å². The summed E-state index contributed by atoms with van der Waals surface area (Å²) in [5, 5.41) is 0. The van der Waals surface area contributed by atoms with E-state index in [0.29, 0.717) is 10.8 Å². The lowest BCUT2D eigenvalue weighted by Crippen LogP contribution is -2.46. The fourth-order valence-electron chi connectivity index (χ4n) is 5.02. The molecule has 2 N–H and O–H groups in total. The Labute approximate surface area is 110 Å². The molecule has 1 atom stereocenters. The molecule has 2 saturated carbocycles. The maximum absolute atomic E-state index is 5.85. The zero-order valence-electron chi connectivity index (χ0n) is 11.1. The van der Waals surface area contributed by atoms with E-state index in [0.717, 1.165) is 12.5 Å². The van der Waals surface area contributed by atoms with Crippen molar-refractivity contribution in [3.63, 3.8) is 0 Å². The summed E-state index contributed by atoms with van der Waals surface area (Å²) in [6.45, 7) is 0.835. The molecule has 0 amide bonds. The molecule has 0 aliphatic heterocycles. The fourth-order valence-corrected chi connectivity index (χ4v) is 5.02. The molecule has 2 fully saturated rings. The quantitative estimate of drug-likeness (QED) is 0.839. The van der Waals surface area contributed by atoms with Crippen molar-refractivity contribution >= 4 is 0 Å². The summed E-state index contributed by atoms with van der Waals surface area (Å²) >= 11 is 0. The first kappa shape index (κ1) is 11.0. The second-order valence-electron chi connectivity index (χ2n) is 6.78. The number of rotatable bonds is 2. The van der Waals surface area contributed by atoms with Crippen molar-refractivity contribution < 1.29 is 0 Å². The van der Waals surface area contributed by atoms with Gasteiger partial charge in [-0.25, -0.2) is 0 Å². The van der Waals surface area contributed by atoms with Gasteiger partial charge in [-0.2, -0.15) is 0 Å². The molecule has 3 aliphatic carbocycles. The van der Waals surface area contributed by atoms with Crippen LogP contribution < -0.4 is 5.73 Å². The average Bonchev–Trinajstić information content (AvgIpc) is 3.13. The Hall–Kier alpha value is -0.820. The summed E-state index contributed by atoms with van der Waals surface area (Å²) in [6.07, 6.45) is 9.89. The lowest BCUT2D eigenvalue weighted by atomic mass is 9.49. The second kappa shape index (κ2) is 3.60. The molecule has 18 heavy (non-hydrogen) atoms. The van der Waals surface area contributed by atoms with Gasteiger partial charge in [0.1, 0.15) is 0 Å². The fraction of sp³-hybridized carbons (Fsp3) is 0.647. The minimum atomic E-state index is 0.590.